The van der Waals surface area contributed by atoms with Gasteiger partial charge in [0.15, 0.2) is 0 Å². The van der Waals surface area contributed by atoms with Gasteiger partial charge in [0.05, 0.1) is 11.0 Å². The molecular weight excluding hydrogens is 430 g/mol. The van der Waals surface area contributed by atoms with Crippen molar-refractivity contribution in [3.05, 3.63) is 78.1 Å². The monoisotopic (exact) mass is 457 g/mol. The van der Waals surface area contributed by atoms with Crippen LogP contribution in [-0.4, -0.2) is 26.7 Å². The fourth-order valence-corrected chi connectivity index (χ4v) is 4.02. The molecule has 1 aromatic heterocycles. The van der Waals surface area contributed by atoms with Crippen LogP contribution in [0.5, 0.6) is 5.75 Å². The predicted molar refractivity (Wildman–Crippen MR) is 132 cm³/mol. The number of anilines is 1. The standard InChI is InChI=1S/C27H27N3O4/c1-3-4-9-26-29-23-16-21(28-18(2)31)14-15-24(23)30(26)17-19-10-12-20(13-11-19)22-7-5-6-8-25(22)34-27(32)33/h5-8,10-16H,3-4,9,17H2,1-2H3,(H,28,31)(H,32,33). The lowest BCUT2D eigenvalue weighted by atomic mass is 10.0. The average molecular weight is 458 g/mol. The lowest BCUT2D eigenvalue weighted by Gasteiger charge is -2.12. The minimum absolute atomic E-state index is 0.111. The van der Waals surface area contributed by atoms with Crippen molar-refractivity contribution in [1.29, 1.82) is 0 Å². The molecule has 0 saturated carbocycles. The van der Waals surface area contributed by atoms with Crippen LogP contribution in [0.1, 0.15) is 38.1 Å². The molecule has 0 spiro atoms. The lowest BCUT2D eigenvalue weighted by molar-refractivity contribution is -0.114. The number of carbonyl (C=O) groups excluding carboxylic acids is 1. The van der Waals surface area contributed by atoms with Crippen LogP contribution in [0.15, 0.2) is 66.7 Å². The number of nitrogens with zero attached hydrogens (tertiary/aromatic N) is 2. The van der Waals surface area contributed by atoms with E-state index in [2.05, 4.69) is 16.8 Å². The van der Waals surface area contributed by atoms with Gasteiger partial charge in [-0.15, -0.1) is 0 Å². The summed E-state index contributed by atoms with van der Waals surface area (Å²) in [6, 6.07) is 20.9. The first-order valence-electron chi connectivity index (χ1n) is 11.3. The minimum Gasteiger partial charge on any atom is -0.449 e. The van der Waals surface area contributed by atoms with E-state index in [9.17, 15) is 9.59 Å². The molecule has 7 nitrogen and oxygen atoms in total. The molecule has 0 fully saturated rings. The van der Waals surface area contributed by atoms with Gasteiger partial charge in [0.25, 0.3) is 0 Å². The zero-order valence-corrected chi connectivity index (χ0v) is 19.2. The third-order valence-corrected chi connectivity index (χ3v) is 5.59. The number of benzene rings is 3. The Kier molecular flexibility index (Phi) is 6.92. The summed E-state index contributed by atoms with van der Waals surface area (Å²) in [5.41, 5.74) is 5.31. The summed E-state index contributed by atoms with van der Waals surface area (Å²) in [4.78, 5) is 27.3. The van der Waals surface area contributed by atoms with Gasteiger partial charge in [-0.2, -0.15) is 0 Å². The Balaban J connectivity index is 1.64. The fourth-order valence-electron chi connectivity index (χ4n) is 4.02. The molecule has 174 valence electrons. The molecule has 0 atom stereocenters. The normalized spacial score (nSPS) is 10.9. The molecule has 0 bridgehead atoms. The predicted octanol–water partition coefficient (Wildman–Crippen LogP) is 6.11. The van der Waals surface area contributed by atoms with Gasteiger partial charge >= 0.3 is 6.16 Å². The van der Waals surface area contributed by atoms with Crippen LogP contribution < -0.4 is 10.1 Å². The highest BCUT2D eigenvalue weighted by Gasteiger charge is 2.13. The maximum Gasteiger partial charge on any atom is 0.511 e. The Morgan fingerprint density at radius 2 is 1.82 bits per heavy atom. The first kappa shape index (κ1) is 23.0. The topological polar surface area (TPSA) is 93.5 Å². The Morgan fingerprint density at radius 3 is 2.53 bits per heavy atom. The summed E-state index contributed by atoms with van der Waals surface area (Å²) in [6.07, 6.45) is 1.66. The van der Waals surface area contributed by atoms with Gasteiger partial charge in [-0.3, -0.25) is 4.79 Å². The van der Waals surface area contributed by atoms with Crippen molar-refractivity contribution < 1.29 is 19.4 Å². The molecule has 3 aromatic carbocycles. The Labute approximate surface area is 198 Å². The zero-order chi connectivity index (χ0) is 24.1. The van der Waals surface area contributed by atoms with Crippen LogP contribution in [0.4, 0.5) is 10.5 Å². The number of para-hydroxylation sites is 1. The second kappa shape index (κ2) is 10.2. The van der Waals surface area contributed by atoms with E-state index in [-0.39, 0.29) is 5.91 Å². The summed E-state index contributed by atoms with van der Waals surface area (Å²) in [7, 11) is 0. The molecular formula is C27H27N3O4. The van der Waals surface area contributed by atoms with Crippen molar-refractivity contribution in [2.75, 3.05) is 5.32 Å². The largest absolute Gasteiger partial charge is 0.511 e. The fraction of sp³-hybridized carbons (Fsp3) is 0.222. The van der Waals surface area contributed by atoms with Gasteiger partial charge in [0.1, 0.15) is 11.6 Å². The van der Waals surface area contributed by atoms with Crippen molar-refractivity contribution in [3.8, 4) is 16.9 Å². The van der Waals surface area contributed by atoms with E-state index in [4.69, 9.17) is 14.8 Å². The Morgan fingerprint density at radius 1 is 1.06 bits per heavy atom. The summed E-state index contributed by atoms with van der Waals surface area (Å²) in [5.74, 6) is 1.21. The van der Waals surface area contributed by atoms with E-state index in [1.54, 1.807) is 12.1 Å². The Bertz CT molecular complexity index is 1330. The number of nitrogens with one attached hydrogen (secondary N) is 1. The first-order valence-corrected chi connectivity index (χ1v) is 11.3. The van der Waals surface area contributed by atoms with E-state index in [1.807, 2.05) is 54.6 Å². The van der Waals surface area contributed by atoms with E-state index in [0.29, 0.717) is 12.3 Å². The molecule has 0 radical (unpaired) electrons. The number of amides is 1. The molecule has 7 heteroatoms. The van der Waals surface area contributed by atoms with E-state index in [0.717, 1.165) is 58.5 Å². The summed E-state index contributed by atoms with van der Waals surface area (Å²) in [5, 5.41) is 11.8. The second-order valence-corrected chi connectivity index (χ2v) is 8.16. The van der Waals surface area contributed by atoms with Crippen molar-refractivity contribution in [3.63, 3.8) is 0 Å². The molecule has 0 aliphatic heterocycles. The lowest BCUT2D eigenvalue weighted by Crippen LogP contribution is -2.06. The smallest absolute Gasteiger partial charge is 0.449 e. The summed E-state index contributed by atoms with van der Waals surface area (Å²) < 4.78 is 7.15. The molecule has 4 rings (SSSR count). The van der Waals surface area contributed by atoms with Crippen LogP contribution >= 0.6 is 0 Å². The number of hydrogen-bond donors (Lipinski definition) is 2. The number of imidazole rings is 1. The number of ether oxygens (including phenoxy) is 1. The highest BCUT2D eigenvalue weighted by Crippen LogP contribution is 2.30. The van der Waals surface area contributed by atoms with Crippen LogP contribution in [0, 0.1) is 0 Å². The highest BCUT2D eigenvalue weighted by molar-refractivity contribution is 5.91. The average Bonchev–Trinajstić information content (AvgIpc) is 3.14. The maximum atomic E-state index is 11.4. The van der Waals surface area contributed by atoms with Gasteiger partial charge in [-0.1, -0.05) is 55.8 Å². The van der Waals surface area contributed by atoms with Crippen LogP contribution in [-0.2, 0) is 17.8 Å². The van der Waals surface area contributed by atoms with Crippen LogP contribution in [0.25, 0.3) is 22.2 Å². The van der Waals surface area contributed by atoms with E-state index < -0.39 is 6.16 Å². The molecule has 0 aliphatic rings. The van der Waals surface area contributed by atoms with Crippen molar-refractivity contribution in [2.45, 2.75) is 39.7 Å². The number of aromatic nitrogens is 2. The highest BCUT2D eigenvalue weighted by atomic mass is 16.7. The quantitative estimate of drug-likeness (QED) is 0.246. The van der Waals surface area contributed by atoms with Crippen LogP contribution in [0.3, 0.4) is 0 Å². The number of rotatable bonds is 8. The second-order valence-electron chi connectivity index (χ2n) is 8.16. The van der Waals surface area contributed by atoms with E-state index >= 15 is 0 Å². The number of carboxylic acid groups (broad SMARTS) is 1. The Hall–Kier alpha value is -4.13. The molecule has 1 amide bonds. The third kappa shape index (κ3) is 5.26. The molecule has 1 heterocycles. The first-order chi connectivity index (χ1) is 16.4. The van der Waals surface area contributed by atoms with Gasteiger partial charge in [-0.25, -0.2) is 9.78 Å². The van der Waals surface area contributed by atoms with Crippen molar-refractivity contribution >= 4 is 28.8 Å². The van der Waals surface area contributed by atoms with Gasteiger partial charge in [0.2, 0.25) is 5.91 Å². The molecule has 4 aromatic rings. The SMILES string of the molecule is CCCCc1nc2cc(NC(C)=O)ccc2n1Cc1ccc(-c2ccccc2OC(=O)O)cc1. The maximum absolute atomic E-state index is 11.4. The van der Waals surface area contributed by atoms with Gasteiger partial charge < -0.3 is 19.7 Å². The molecule has 0 aliphatic carbocycles. The van der Waals surface area contributed by atoms with Gasteiger partial charge in [-0.05, 0) is 41.8 Å². The number of unbranched alkanes of at least 4 members (excludes halogenated alkanes) is 1. The summed E-state index contributed by atoms with van der Waals surface area (Å²) in [6.45, 7) is 4.31. The zero-order valence-electron chi connectivity index (χ0n) is 19.2. The number of carbonyl (C=O) groups is 2. The van der Waals surface area contributed by atoms with Gasteiger partial charge in [0, 0.05) is 31.1 Å². The summed E-state index contributed by atoms with van der Waals surface area (Å²) >= 11 is 0. The molecule has 34 heavy (non-hydrogen) atoms. The molecule has 2 N–H and O–H groups in total. The van der Waals surface area contributed by atoms with E-state index in [1.165, 1.54) is 6.92 Å². The van der Waals surface area contributed by atoms with Crippen LogP contribution in [0.2, 0.25) is 0 Å². The van der Waals surface area contributed by atoms with Crippen molar-refractivity contribution in [1.82, 2.24) is 9.55 Å². The minimum atomic E-state index is -1.34. The third-order valence-electron chi connectivity index (χ3n) is 5.59. The number of hydrogen-bond acceptors (Lipinski definition) is 4. The molecule has 0 saturated heterocycles. The number of fused-ring (bicyclic) bond motifs is 1. The number of aryl methyl sites for hydroxylation is 1. The molecule has 0 unspecified atom stereocenters. The van der Waals surface area contributed by atoms with Crippen molar-refractivity contribution in [2.24, 2.45) is 0 Å².